The molecule has 0 aromatic heterocycles. The van der Waals surface area contributed by atoms with Gasteiger partial charge in [0.15, 0.2) is 0 Å². The summed E-state index contributed by atoms with van der Waals surface area (Å²) in [5.41, 5.74) is 1.40. The summed E-state index contributed by atoms with van der Waals surface area (Å²) in [6, 6.07) is 0. The van der Waals surface area contributed by atoms with Crippen LogP contribution in [0.5, 0.6) is 0 Å². The van der Waals surface area contributed by atoms with E-state index < -0.39 is 12.1 Å². The normalized spacial score (nSPS) is 29.8. The van der Waals surface area contributed by atoms with E-state index in [0.29, 0.717) is 11.8 Å². The lowest BCUT2D eigenvalue weighted by Gasteiger charge is -2.19. The van der Waals surface area contributed by atoms with Crippen molar-refractivity contribution in [2.75, 3.05) is 11.5 Å². The third-order valence-electron chi connectivity index (χ3n) is 5.40. The number of aliphatic hydroxyl groups is 2. The fourth-order valence-electron chi connectivity index (χ4n) is 4.11. The molecule has 5 heteroatoms. The maximum absolute atomic E-state index is 10.6. The first-order valence-corrected chi connectivity index (χ1v) is 10.7. The zero-order valence-corrected chi connectivity index (χ0v) is 16.0. The third kappa shape index (κ3) is 6.46. The second-order valence-corrected chi connectivity index (χ2v) is 8.49. The van der Waals surface area contributed by atoms with E-state index in [1.54, 1.807) is 0 Å². The summed E-state index contributed by atoms with van der Waals surface area (Å²) >= 11 is 1.46. The number of rotatable bonds is 11. The van der Waals surface area contributed by atoms with Crippen LogP contribution in [0.15, 0.2) is 23.8 Å². The number of carboxylic acids is 1. The van der Waals surface area contributed by atoms with Crippen molar-refractivity contribution >= 4 is 17.7 Å². The predicted molar refractivity (Wildman–Crippen MR) is 103 cm³/mol. The number of unbranched alkanes of at least 4 members (excludes halogenated alkanes) is 2. The molecule has 0 unspecified atom stereocenters. The van der Waals surface area contributed by atoms with Gasteiger partial charge in [0, 0.05) is 5.92 Å². The number of aliphatic hydroxyl groups excluding tert-OH is 2. The minimum absolute atomic E-state index is 0.131. The molecule has 25 heavy (non-hydrogen) atoms. The van der Waals surface area contributed by atoms with E-state index >= 15 is 0 Å². The molecule has 0 spiro atoms. The standard InChI is InChI=1S/C20H32O4S/c1-2-3-4-5-16(21)6-7-17-18-11-14(8-9-25-13-20(23)24)10-15(18)12-19(17)22/h6-7,10,15-19,21-22H,2-5,8-9,11-13H2,1H3,(H,23,24)/b7-6+/t15-,16-,17+,18-,19+/m0/s1. The summed E-state index contributed by atoms with van der Waals surface area (Å²) in [7, 11) is 0. The van der Waals surface area contributed by atoms with Crippen LogP contribution in [0.3, 0.4) is 0 Å². The van der Waals surface area contributed by atoms with Gasteiger partial charge < -0.3 is 15.3 Å². The van der Waals surface area contributed by atoms with Gasteiger partial charge in [-0.1, -0.05) is 50.0 Å². The summed E-state index contributed by atoms with van der Waals surface area (Å²) in [6.45, 7) is 2.15. The van der Waals surface area contributed by atoms with Gasteiger partial charge in [0.05, 0.1) is 18.0 Å². The Balaban J connectivity index is 1.78. The molecule has 0 saturated heterocycles. The minimum Gasteiger partial charge on any atom is -0.481 e. The van der Waals surface area contributed by atoms with Crippen LogP contribution in [0.1, 0.15) is 51.9 Å². The number of thioether (sulfide) groups is 1. The molecule has 0 aromatic rings. The van der Waals surface area contributed by atoms with Crippen LogP contribution < -0.4 is 0 Å². The first-order chi connectivity index (χ1) is 12.0. The van der Waals surface area contributed by atoms with E-state index in [1.807, 2.05) is 12.2 Å². The fraction of sp³-hybridized carbons (Fsp3) is 0.750. The molecule has 0 aromatic carbocycles. The molecule has 5 atom stereocenters. The Bertz CT molecular complexity index is 488. The van der Waals surface area contributed by atoms with Gasteiger partial charge in [0.1, 0.15) is 0 Å². The number of carboxylic acid groups (broad SMARTS) is 1. The van der Waals surface area contributed by atoms with Crippen LogP contribution in [0.2, 0.25) is 0 Å². The van der Waals surface area contributed by atoms with Gasteiger partial charge in [-0.2, -0.15) is 0 Å². The zero-order valence-electron chi connectivity index (χ0n) is 15.1. The smallest absolute Gasteiger partial charge is 0.313 e. The Kier molecular flexibility index (Phi) is 8.53. The summed E-state index contributed by atoms with van der Waals surface area (Å²) < 4.78 is 0. The van der Waals surface area contributed by atoms with Gasteiger partial charge >= 0.3 is 5.97 Å². The number of aliphatic carboxylic acids is 1. The first kappa shape index (κ1) is 20.5. The lowest BCUT2D eigenvalue weighted by Crippen LogP contribution is -2.18. The molecule has 2 aliphatic rings. The second-order valence-electron chi connectivity index (χ2n) is 7.38. The van der Waals surface area contributed by atoms with Crippen molar-refractivity contribution < 1.29 is 20.1 Å². The fourth-order valence-corrected chi connectivity index (χ4v) is 4.84. The number of hydrogen-bond donors (Lipinski definition) is 3. The molecule has 0 amide bonds. The highest BCUT2D eigenvalue weighted by atomic mass is 32.2. The van der Waals surface area contributed by atoms with E-state index in [-0.39, 0.29) is 17.8 Å². The summed E-state index contributed by atoms with van der Waals surface area (Å²) in [5, 5.41) is 29.1. The van der Waals surface area contributed by atoms with E-state index in [9.17, 15) is 15.0 Å². The summed E-state index contributed by atoms with van der Waals surface area (Å²) in [4.78, 5) is 10.6. The molecule has 0 heterocycles. The highest BCUT2D eigenvalue weighted by Crippen LogP contribution is 2.48. The van der Waals surface area contributed by atoms with Crippen LogP contribution in [-0.2, 0) is 4.79 Å². The number of carbonyl (C=O) groups is 1. The van der Waals surface area contributed by atoms with Crippen LogP contribution in [-0.4, -0.2) is 45.0 Å². The number of allylic oxidation sites excluding steroid dienone is 2. The molecule has 142 valence electrons. The topological polar surface area (TPSA) is 77.8 Å². The monoisotopic (exact) mass is 368 g/mol. The van der Waals surface area contributed by atoms with Crippen molar-refractivity contribution in [1.29, 1.82) is 0 Å². The molecule has 2 aliphatic carbocycles. The van der Waals surface area contributed by atoms with Gasteiger partial charge in [0.2, 0.25) is 0 Å². The molecule has 0 aliphatic heterocycles. The Morgan fingerprint density at radius 1 is 1.44 bits per heavy atom. The van der Waals surface area contributed by atoms with Crippen LogP contribution in [0.25, 0.3) is 0 Å². The van der Waals surface area contributed by atoms with E-state index in [1.165, 1.54) is 17.3 Å². The SMILES string of the molecule is CCCCC[C@H](O)/C=C/[C@@H]1[C@H]2CC(CCSCC(=O)O)=C[C@H]2C[C@H]1O. The average Bonchev–Trinajstić information content (AvgIpc) is 3.06. The van der Waals surface area contributed by atoms with E-state index in [4.69, 9.17) is 5.11 Å². The van der Waals surface area contributed by atoms with Gasteiger partial charge in [0.25, 0.3) is 0 Å². The minimum atomic E-state index is -0.756. The Hall–Kier alpha value is -0.780. The van der Waals surface area contributed by atoms with Crippen molar-refractivity contribution in [2.24, 2.45) is 17.8 Å². The van der Waals surface area contributed by atoms with Crippen molar-refractivity contribution in [2.45, 2.75) is 64.1 Å². The van der Waals surface area contributed by atoms with E-state index in [2.05, 4.69) is 13.0 Å². The maximum atomic E-state index is 10.6. The molecule has 0 bridgehead atoms. The Morgan fingerprint density at radius 3 is 2.96 bits per heavy atom. The lowest BCUT2D eigenvalue weighted by atomic mass is 9.88. The molecule has 2 rings (SSSR count). The number of fused-ring (bicyclic) bond motifs is 1. The van der Waals surface area contributed by atoms with Crippen LogP contribution in [0, 0.1) is 17.8 Å². The van der Waals surface area contributed by atoms with Gasteiger partial charge in [-0.15, -0.1) is 11.8 Å². The van der Waals surface area contributed by atoms with Gasteiger partial charge in [-0.25, -0.2) is 0 Å². The maximum Gasteiger partial charge on any atom is 0.313 e. The zero-order chi connectivity index (χ0) is 18.2. The lowest BCUT2D eigenvalue weighted by molar-refractivity contribution is -0.133. The second kappa shape index (κ2) is 10.4. The van der Waals surface area contributed by atoms with Crippen molar-refractivity contribution in [1.82, 2.24) is 0 Å². The Labute approximate surface area is 155 Å². The van der Waals surface area contributed by atoms with Crippen LogP contribution >= 0.6 is 11.8 Å². The van der Waals surface area contributed by atoms with Crippen molar-refractivity contribution in [3.63, 3.8) is 0 Å². The number of hydrogen-bond acceptors (Lipinski definition) is 4. The van der Waals surface area contributed by atoms with Crippen molar-refractivity contribution in [3.8, 4) is 0 Å². The van der Waals surface area contributed by atoms with Gasteiger partial charge in [-0.05, 0) is 43.3 Å². The van der Waals surface area contributed by atoms with E-state index in [0.717, 1.165) is 50.7 Å². The third-order valence-corrected chi connectivity index (χ3v) is 6.35. The molecule has 1 saturated carbocycles. The largest absolute Gasteiger partial charge is 0.481 e. The molecule has 0 radical (unpaired) electrons. The highest BCUT2D eigenvalue weighted by molar-refractivity contribution is 7.99. The molecule has 4 nitrogen and oxygen atoms in total. The predicted octanol–water partition coefficient (Wildman–Crippen LogP) is 3.64. The first-order valence-electron chi connectivity index (χ1n) is 9.54. The highest BCUT2D eigenvalue weighted by Gasteiger charge is 2.43. The summed E-state index contributed by atoms with van der Waals surface area (Å²) in [6.07, 6.45) is 12.4. The molecule has 3 N–H and O–H groups in total. The summed E-state index contributed by atoms with van der Waals surface area (Å²) in [5.74, 6) is 1.26. The van der Waals surface area contributed by atoms with Crippen molar-refractivity contribution in [3.05, 3.63) is 23.8 Å². The van der Waals surface area contributed by atoms with Crippen LogP contribution in [0.4, 0.5) is 0 Å². The average molecular weight is 369 g/mol. The molecule has 1 fully saturated rings. The quantitative estimate of drug-likeness (QED) is 0.383. The molecular formula is C20H32O4S. The van der Waals surface area contributed by atoms with Gasteiger partial charge in [-0.3, -0.25) is 4.79 Å². The Morgan fingerprint density at radius 2 is 2.24 bits per heavy atom. The molecular weight excluding hydrogens is 336 g/mol.